The predicted octanol–water partition coefficient (Wildman–Crippen LogP) is 2.69. The Morgan fingerprint density at radius 2 is 1.03 bits per heavy atom. The zero-order chi connectivity index (χ0) is 21.5. The van der Waals surface area contributed by atoms with Gasteiger partial charge in [-0.1, -0.05) is 72.8 Å². The van der Waals surface area contributed by atoms with Crippen molar-refractivity contribution >= 4 is 50.4 Å². The molecule has 2 rings (SSSR count). The summed E-state index contributed by atoms with van der Waals surface area (Å²) in [5.41, 5.74) is 2.55. The molecule has 0 amide bonds. The molecule has 11 heteroatoms. The second-order valence-electron chi connectivity index (χ2n) is 4.77. The van der Waals surface area contributed by atoms with Crippen LogP contribution in [0, 0.1) is 0 Å². The van der Waals surface area contributed by atoms with E-state index >= 15 is 0 Å². The van der Waals surface area contributed by atoms with Crippen molar-refractivity contribution in [3.63, 3.8) is 0 Å². The smallest absolute Gasteiger partial charge is 0.0184 e. The van der Waals surface area contributed by atoms with Gasteiger partial charge in [0.15, 0.2) is 0 Å². The maximum atomic E-state index is 9.44. The van der Waals surface area contributed by atoms with Crippen LogP contribution in [0.4, 0.5) is 0 Å². The Hall–Kier alpha value is -1.34. The van der Waals surface area contributed by atoms with Crippen LogP contribution in [-0.2, 0) is 29.2 Å². The van der Waals surface area contributed by atoms with Crippen molar-refractivity contribution in [2.24, 2.45) is 0 Å². The molecule has 0 unspecified atom stereocenters. The van der Waals surface area contributed by atoms with Gasteiger partial charge >= 0.3 is 50.4 Å². The first-order valence-corrected chi connectivity index (χ1v) is 10.4. The first kappa shape index (κ1) is 29.9. The molecule has 0 heterocycles. The van der Waals surface area contributed by atoms with Crippen molar-refractivity contribution in [2.75, 3.05) is 13.2 Å². The first-order valence-electron chi connectivity index (χ1n) is 7.65. The van der Waals surface area contributed by atoms with Crippen LogP contribution in [0.3, 0.4) is 0 Å². The topological polar surface area (TPSA) is 127 Å². The number of hydrogen-bond acceptors (Lipinski definition) is 6. The Bertz CT molecular complexity index is 824. The van der Waals surface area contributed by atoms with E-state index in [0.29, 0.717) is 13.2 Å². The molecule has 0 saturated heterocycles. The van der Waals surface area contributed by atoms with Gasteiger partial charge in [0.1, 0.15) is 0 Å². The minimum atomic E-state index is -5.12. The van der Waals surface area contributed by atoms with Crippen LogP contribution in [0.15, 0.2) is 86.0 Å². The van der Waals surface area contributed by atoms with Crippen LogP contribution >= 0.6 is 0 Å². The van der Waals surface area contributed by atoms with Crippen molar-refractivity contribution < 1.29 is 34.3 Å². The van der Waals surface area contributed by atoms with Crippen molar-refractivity contribution in [2.45, 2.75) is 0 Å². The molecular formula is C18H23NaO8S2. The van der Waals surface area contributed by atoms with Gasteiger partial charge in [0.05, 0.1) is 13.2 Å². The minimum Gasteiger partial charge on any atom is -0.0622 e. The molecule has 0 atom stereocenters. The van der Waals surface area contributed by atoms with Gasteiger partial charge in [0.25, 0.3) is 0 Å². The van der Waals surface area contributed by atoms with Crippen LogP contribution in [0.1, 0.15) is 0 Å². The van der Waals surface area contributed by atoms with E-state index in [1.807, 2.05) is 12.1 Å². The third-order valence-corrected chi connectivity index (χ3v) is 3.90. The van der Waals surface area contributed by atoms with E-state index < -0.39 is 20.8 Å². The van der Waals surface area contributed by atoms with Crippen LogP contribution in [0.2, 0.25) is 0 Å². The van der Waals surface area contributed by atoms with Gasteiger partial charge in [-0.3, -0.25) is 9.11 Å². The zero-order valence-electron chi connectivity index (χ0n) is 14.9. The molecule has 2 aromatic carbocycles. The van der Waals surface area contributed by atoms with E-state index in [9.17, 15) is 16.8 Å². The summed E-state index contributed by atoms with van der Waals surface area (Å²) in [6, 6.07) is 20.8. The molecule has 8 nitrogen and oxygen atoms in total. The molecule has 0 aliphatic heterocycles. The monoisotopic (exact) mass is 454 g/mol. The summed E-state index contributed by atoms with van der Waals surface area (Å²) in [6.45, 7) is 8.18. The molecule has 0 aliphatic rings. The molecule has 0 fully saturated rings. The average molecular weight is 454 g/mol. The van der Waals surface area contributed by atoms with E-state index in [4.69, 9.17) is 13.8 Å². The fraction of sp³-hybridized carbons (Fsp3) is 0.111. The van der Waals surface area contributed by atoms with Crippen LogP contribution in [-0.4, -0.2) is 68.7 Å². The van der Waals surface area contributed by atoms with Crippen molar-refractivity contribution in [1.29, 1.82) is 0 Å². The third kappa shape index (κ3) is 19.7. The van der Waals surface area contributed by atoms with E-state index in [2.05, 4.69) is 65.3 Å². The van der Waals surface area contributed by atoms with Crippen LogP contribution in [0.5, 0.6) is 0 Å². The molecule has 0 aromatic heterocycles. The minimum absolute atomic E-state index is 0. The number of hydrogen-bond donors (Lipinski definition) is 2. The fourth-order valence-corrected chi connectivity index (χ4v) is 2.47. The summed E-state index contributed by atoms with van der Waals surface area (Å²) >= 11 is 0. The summed E-state index contributed by atoms with van der Waals surface area (Å²) in [5.74, 6) is 0. The van der Waals surface area contributed by atoms with Gasteiger partial charge in [-0.05, 0) is 11.1 Å². The summed E-state index contributed by atoms with van der Waals surface area (Å²) < 4.78 is 60.5. The van der Waals surface area contributed by atoms with E-state index in [1.54, 1.807) is 12.2 Å². The molecule has 2 N–H and O–H groups in total. The number of ether oxygens (including phenoxy) is 1. The van der Waals surface area contributed by atoms with Gasteiger partial charge in [-0.2, -0.15) is 16.8 Å². The number of rotatable bonds is 7. The van der Waals surface area contributed by atoms with Gasteiger partial charge < -0.3 is 4.74 Å². The van der Waals surface area contributed by atoms with Gasteiger partial charge in [0, 0.05) is 0 Å². The molecule has 0 saturated carbocycles. The predicted molar refractivity (Wildman–Crippen MR) is 114 cm³/mol. The quantitative estimate of drug-likeness (QED) is 0.283. The van der Waals surface area contributed by atoms with Crippen LogP contribution < -0.4 is 0 Å². The standard InChI is InChI=1S/C12H10.C6H10O.Na.H2O7S2.H/c1-3-7-11(8-4-1)12-9-5-2-6-10-12;1-3-5-7-6-4-2;;1-8(2,3)7-9(4,5)6;/h1-10H;3-4H,1-2,5-6H2;;(H,1,2,3)(H,4,5,6);. The average Bonchev–Trinajstić information content (AvgIpc) is 2.62. The molecule has 156 valence electrons. The fourth-order valence-electron chi connectivity index (χ4n) is 1.60. The molecule has 0 spiro atoms. The second-order valence-corrected chi connectivity index (χ2v) is 7.03. The molecule has 0 bridgehead atoms. The van der Waals surface area contributed by atoms with Crippen molar-refractivity contribution in [3.8, 4) is 11.1 Å². The number of benzene rings is 2. The summed E-state index contributed by atoms with van der Waals surface area (Å²) in [4.78, 5) is 0. The molecule has 0 radical (unpaired) electrons. The second kappa shape index (κ2) is 16.5. The maximum Gasteiger partial charge on any atom is -0.0184 e. The van der Waals surface area contributed by atoms with Gasteiger partial charge in [0.2, 0.25) is 0 Å². The zero-order valence-corrected chi connectivity index (χ0v) is 16.6. The SMILES string of the molecule is C=CCOCC=C.O=S(=O)(O)OS(=O)(=O)O.[NaH].c1ccc(-c2ccccc2)cc1. The normalized spacial score (nSPS) is 10.1. The summed E-state index contributed by atoms with van der Waals surface area (Å²) in [5, 5.41) is 0. The summed E-state index contributed by atoms with van der Waals surface area (Å²) in [7, 11) is -10.2. The molecule has 0 aliphatic carbocycles. The molecule has 2 aromatic rings. The molecule has 29 heavy (non-hydrogen) atoms. The third-order valence-electron chi connectivity index (χ3n) is 2.52. The summed E-state index contributed by atoms with van der Waals surface area (Å²) in [6.07, 6.45) is 3.42. The maximum absolute atomic E-state index is 9.44. The Balaban J connectivity index is 0. The molecular weight excluding hydrogens is 431 g/mol. The van der Waals surface area contributed by atoms with E-state index in [1.165, 1.54) is 11.1 Å². The Labute approximate surface area is 194 Å². The van der Waals surface area contributed by atoms with E-state index in [0.717, 1.165) is 0 Å². The van der Waals surface area contributed by atoms with Crippen LogP contribution in [0.25, 0.3) is 11.1 Å². The largest absolute Gasteiger partial charge is 0.0622 e. The van der Waals surface area contributed by atoms with Crippen molar-refractivity contribution in [1.82, 2.24) is 0 Å². The van der Waals surface area contributed by atoms with E-state index in [-0.39, 0.29) is 29.6 Å². The Kier molecular flexibility index (Phi) is 16.9. The first-order chi connectivity index (χ1) is 13.1. The van der Waals surface area contributed by atoms with Crippen molar-refractivity contribution in [3.05, 3.63) is 86.0 Å². The van der Waals surface area contributed by atoms with Gasteiger partial charge in [-0.25, -0.2) is 0 Å². The Morgan fingerprint density at radius 1 is 0.724 bits per heavy atom. The Morgan fingerprint density at radius 3 is 1.24 bits per heavy atom. The van der Waals surface area contributed by atoms with Gasteiger partial charge in [-0.15, -0.1) is 16.8 Å².